The normalized spacial score (nSPS) is 21.1. The number of hydrogen-bond donors (Lipinski definition) is 3. The van der Waals surface area contributed by atoms with Crippen molar-refractivity contribution in [3.8, 4) is 22.6 Å². The van der Waals surface area contributed by atoms with Gasteiger partial charge in [-0.25, -0.2) is 0 Å². The molecular weight excluding hydrogens is 296 g/mol. The van der Waals surface area contributed by atoms with Gasteiger partial charge in [-0.15, -0.1) is 0 Å². The van der Waals surface area contributed by atoms with Gasteiger partial charge in [-0.2, -0.15) is 0 Å². The van der Waals surface area contributed by atoms with Gasteiger partial charge in [0.2, 0.25) is 0 Å². The maximum Gasteiger partial charge on any atom is 0.198 e. The lowest BCUT2D eigenvalue weighted by Gasteiger charge is -2.24. The van der Waals surface area contributed by atoms with E-state index in [1.165, 1.54) is 31.2 Å². The van der Waals surface area contributed by atoms with Crippen molar-refractivity contribution in [3.63, 3.8) is 0 Å². The van der Waals surface area contributed by atoms with Crippen molar-refractivity contribution in [1.29, 1.82) is 0 Å². The zero-order valence-corrected chi connectivity index (χ0v) is 12.1. The van der Waals surface area contributed by atoms with Gasteiger partial charge in [0.05, 0.1) is 0 Å². The van der Waals surface area contributed by atoms with Crippen LogP contribution in [-0.2, 0) is 0 Å². The highest BCUT2D eigenvalue weighted by Crippen LogP contribution is 2.49. The van der Waals surface area contributed by atoms with Crippen molar-refractivity contribution in [2.75, 3.05) is 0 Å². The van der Waals surface area contributed by atoms with Gasteiger partial charge in [-0.3, -0.25) is 9.59 Å². The van der Waals surface area contributed by atoms with Gasteiger partial charge < -0.3 is 15.3 Å². The summed E-state index contributed by atoms with van der Waals surface area (Å²) in [5.74, 6) is -1.33. The van der Waals surface area contributed by atoms with E-state index in [1.807, 2.05) is 0 Å². The highest BCUT2D eigenvalue weighted by Gasteiger charge is 2.40. The Bertz CT molecular complexity index is 950. The van der Waals surface area contributed by atoms with Crippen LogP contribution in [0.15, 0.2) is 30.3 Å². The van der Waals surface area contributed by atoms with Crippen molar-refractivity contribution < 1.29 is 24.9 Å². The molecule has 4 rings (SSSR count). The van der Waals surface area contributed by atoms with Crippen molar-refractivity contribution in [2.24, 2.45) is 0 Å². The molecule has 0 bridgehead atoms. The first-order valence-corrected chi connectivity index (χ1v) is 7.06. The summed E-state index contributed by atoms with van der Waals surface area (Å²) >= 11 is 0. The molecule has 0 saturated heterocycles. The second-order valence-electron chi connectivity index (χ2n) is 5.95. The maximum atomic E-state index is 12.7. The Balaban J connectivity index is 2.12. The van der Waals surface area contributed by atoms with Crippen LogP contribution in [0.5, 0.6) is 11.5 Å². The minimum Gasteiger partial charge on any atom is -0.507 e. The third-order valence-corrected chi connectivity index (χ3v) is 4.39. The maximum absolute atomic E-state index is 12.7. The minimum absolute atomic E-state index is 0.0920. The number of rotatable bonds is 0. The van der Waals surface area contributed by atoms with Gasteiger partial charge >= 0.3 is 0 Å². The summed E-state index contributed by atoms with van der Waals surface area (Å²) in [6.07, 6.45) is 2.83. The van der Waals surface area contributed by atoms with E-state index in [1.54, 1.807) is 12.1 Å². The van der Waals surface area contributed by atoms with E-state index in [-0.39, 0.29) is 45.1 Å². The molecule has 0 fully saturated rings. The fourth-order valence-electron chi connectivity index (χ4n) is 3.25. The molecule has 2 aromatic carbocycles. The molecule has 0 amide bonds. The average molecular weight is 308 g/mol. The number of phenols is 2. The molecule has 5 heteroatoms. The quantitative estimate of drug-likeness (QED) is 0.592. The van der Waals surface area contributed by atoms with Gasteiger partial charge in [0.15, 0.2) is 11.6 Å². The topological polar surface area (TPSA) is 94.8 Å². The summed E-state index contributed by atoms with van der Waals surface area (Å²) in [6.45, 7) is 1.35. The van der Waals surface area contributed by atoms with Crippen LogP contribution in [0.1, 0.15) is 38.8 Å². The third kappa shape index (κ3) is 1.59. The summed E-state index contributed by atoms with van der Waals surface area (Å²) in [4.78, 5) is 25.1. The van der Waals surface area contributed by atoms with E-state index in [0.29, 0.717) is 5.56 Å². The molecule has 0 spiro atoms. The molecule has 0 unspecified atom stereocenters. The summed E-state index contributed by atoms with van der Waals surface area (Å²) in [6, 6.07) is 5.79. The molecule has 114 valence electrons. The van der Waals surface area contributed by atoms with Crippen LogP contribution in [0.3, 0.4) is 0 Å². The summed E-state index contributed by atoms with van der Waals surface area (Å²) < 4.78 is 0. The number of fused-ring (bicyclic) bond motifs is 5. The fourth-order valence-corrected chi connectivity index (χ4v) is 3.25. The predicted molar refractivity (Wildman–Crippen MR) is 82.6 cm³/mol. The molecule has 0 radical (unpaired) electrons. The fraction of sp³-hybridized carbons (Fsp3) is 0.111. The Morgan fingerprint density at radius 3 is 2.43 bits per heavy atom. The van der Waals surface area contributed by atoms with Crippen LogP contribution in [0.25, 0.3) is 17.2 Å². The molecule has 3 N–H and O–H groups in total. The number of hydrogen-bond acceptors (Lipinski definition) is 5. The Kier molecular flexibility index (Phi) is 2.44. The molecule has 5 nitrogen and oxygen atoms in total. The number of phenolic OH excluding ortho intramolecular Hbond substituents is 2. The first kappa shape index (κ1) is 13.7. The molecule has 23 heavy (non-hydrogen) atoms. The SMILES string of the molecule is C[C@]1(O)C=Cc2c(cc(O)c3c2C(=O)c2cccc(O)c2-3)C1=O. The second kappa shape index (κ2) is 4.08. The van der Waals surface area contributed by atoms with E-state index in [9.17, 15) is 24.9 Å². The number of Topliss-reactive ketones (excluding diaryl/α,β-unsaturated/α-hetero) is 1. The van der Waals surface area contributed by atoms with Crippen LogP contribution in [0, 0.1) is 0 Å². The van der Waals surface area contributed by atoms with Gasteiger partial charge in [-0.05, 0) is 30.7 Å². The number of ketones is 2. The molecular formula is C18H12O5. The Hall–Kier alpha value is -2.92. The predicted octanol–water partition coefficient (Wildman–Crippen LogP) is 2.27. The van der Waals surface area contributed by atoms with E-state index < -0.39 is 11.4 Å². The van der Waals surface area contributed by atoms with Gasteiger partial charge in [0.1, 0.15) is 17.1 Å². The van der Waals surface area contributed by atoms with Crippen LogP contribution in [0.2, 0.25) is 0 Å². The molecule has 2 aliphatic rings. The first-order chi connectivity index (χ1) is 10.8. The molecule has 0 saturated carbocycles. The third-order valence-electron chi connectivity index (χ3n) is 4.39. The van der Waals surface area contributed by atoms with Crippen molar-refractivity contribution >= 4 is 17.6 Å². The highest BCUT2D eigenvalue weighted by molar-refractivity contribution is 6.27. The molecule has 2 aromatic rings. The van der Waals surface area contributed by atoms with E-state index in [4.69, 9.17) is 0 Å². The lowest BCUT2D eigenvalue weighted by atomic mass is 9.82. The zero-order chi connectivity index (χ0) is 16.5. The Morgan fingerprint density at radius 1 is 0.957 bits per heavy atom. The number of carbonyl (C=O) groups excluding carboxylic acids is 2. The Morgan fingerprint density at radius 2 is 1.70 bits per heavy atom. The number of benzene rings is 2. The molecule has 2 aliphatic carbocycles. The van der Waals surface area contributed by atoms with Crippen molar-refractivity contribution in [3.05, 3.63) is 52.6 Å². The molecule has 0 aromatic heterocycles. The van der Waals surface area contributed by atoms with Crippen molar-refractivity contribution in [1.82, 2.24) is 0 Å². The first-order valence-electron chi connectivity index (χ1n) is 7.06. The zero-order valence-electron chi connectivity index (χ0n) is 12.1. The summed E-state index contributed by atoms with van der Waals surface area (Å²) in [5.41, 5.74) is -0.278. The monoisotopic (exact) mass is 308 g/mol. The average Bonchev–Trinajstić information content (AvgIpc) is 2.80. The van der Waals surface area contributed by atoms with E-state index in [2.05, 4.69) is 0 Å². The second-order valence-corrected chi connectivity index (χ2v) is 5.95. The smallest absolute Gasteiger partial charge is 0.198 e. The minimum atomic E-state index is -1.68. The molecule has 0 aliphatic heterocycles. The molecule has 0 heterocycles. The Labute approximate surface area is 131 Å². The number of aliphatic hydroxyl groups is 1. The van der Waals surface area contributed by atoms with E-state index >= 15 is 0 Å². The largest absolute Gasteiger partial charge is 0.507 e. The van der Waals surface area contributed by atoms with Crippen LogP contribution in [0.4, 0.5) is 0 Å². The lowest BCUT2D eigenvalue weighted by Crippen LogP contribution is -2.35. The van der Waals surface area contributed by atoms with Gasteiger partial charge in [0.25, 0.3) is 0 Å². The standard InChI is InChI=1S/C18H12O5/c1-18(23)6-5-8-10(17(18)22)7-12(20)15-13-9(16(21)14(8)15)3-2-4-11(13)19/h2-7,19-20,23H,1H3/t18-/m0/s1. The number of aromatic hydroxyl groups is 2. The highest BCUT2D eigenvalue weighted by atomic mass is 16.3. The van der Waals surface area contributed by atoms with Crippen LogP contribution in [-0.4, -0.2) is 32.5 Å². The van der Waals surface area contributed by atoms with Crippen LogP contribution >= 0.6 is 0 Å². The van der Waals surface area contributed by atoms with E-state index in [0.717, 1.165) is 0 Å². The van der Waals surface area contributed by atoms with Gasteiger partial charge in [-0.1, -0.05) is 18.2 Å². The number of carbonyl (C=O) groups is 2. The summed E-state index contributed by atoms with van der Waals surface area (Å²) in [5, 5.41) is 30.5. The lowest BCUT2D eigenvalue weighted by molar-refractivity contribution is 0.0588. The van der Waals surface area contributed by atoms with Crippen molar-refractivity contribution in [2.45, 2.75) is 12.5 Å². The summed E-state index contributed by atoms with van der Waals surface area (Å²) in [7, 11) is 0. The van der Waals surface area contributed by atoms with Gasteiger partial charge in [0, 0.05) is 27.8 Å². The van der Waals surface area contributed by atoms with Crippen LogP contribution < -0.4 is 0 Å². The molecule has 1 atom stereocenters.